The van der Waals surface area contributed by atoms with Crippen LogP contribution in [-0.4, -0.2) is 61.9 Å². The van der Waals surface area contributed by atoms with E-state index in [1.807, 2.05) is 30.9 Å². The smallest absolute Gasteiger partial charge is 0.244 e. The predicted octanol–water partition coefficient (Wildman–Crippen LogP) is 1.36. The first-order valence-corrected chi connectivity index (χ1v) is 9.97. The molecule has 9 heteroatoms. The van der Waals surface area contributed by atoms with Crippen molar-refractivity contribution in [1.29, 1.82) is 0 Å². The van der Waals surface area contributed by atoms with Gasteiger partial charge in [-0.25, -0.2) is 23.4 Å². The Morgan fingerprint density at radius 1 is 1.00 bits per heavy atom. The third kappa shape index (κ3) is 3.94. The summed E-state index contributed by atoms with van der Waals surface area (Å²) < 4.78 is 26.6. The third-order valence-electron chi connectivity index (χ3n) is 4.33. The Hall–Kier alpha value is -2.26. The van der Waals surface area contributed by atoms with Gasteiger partial charge < -0.3 is 9.80 Å². The predicted molar refractivity (Wildman–Crippen MR) is 101 cm³/mol. The number of anilines is 2. The lowest BCUT2D eigenvalue weighted by Crippen LogP contribution is -2.28. The summed E-state index contributed by atoms with van der Waals surface area (Å²) in [6.45, 7) is 1.76. The maximum absolute atomic E-state index is 12.5. The summed E-state index contributed by atoms with van der Waals surface area (Å²) in [5, 5.41) is 0. The van der Waals surface area contributed by atoms with E-state index in [2.05, 4.69) is 15.0 Å². The van der Waals surface area contributed by atoms with Crippen molar-refractivity contribution >= 4 is 21.8 Å². The molecule has 1 aliphatic rings. The van der Waals surface area contributed by atoms with Crippen LogP contribution in [0.15, 0.2) is 35.6 Å². The average Bonchev–Trinajstić information content (AvgIpc) is 3.18. The van der Waals surface area contributed by atoms with E-state index in [0.29, 0.717) is 31.4 Å². The molecule has 1 fully saturated rings. The summed E-state index contributed by atoms with van der Waals surface area (Å²) in [6, 6.07) is 3.36. The molecule has 3 heterocycles. The van der Waals surface area contributed by atoms with Gasteiger partial charge in [0.25, 0.3) is 0 Å². The molecule has 0 aromatic carbocycles. The van der Waals surface area contributed by atoms with Gasteiger partial charge in [0, 0.05) is 64.9 Å². The van der Waals surface area contributed by atoms with Gasteiger partial charge in [-0.05, 0) is 25.0 Å². The highest BCUT2D eigenvalue weighted by molar-refractivity contribution is 7.89. The van der Waals surface area contributed by atoms with Crippen LogP contribution in [0.25, 0.3) is 0 Å². The molecule has 2 aromatic heterocycles. The summed E-state index contributed by atoms with van der Waals surface area (Å²) in [5.41, 5.74) is 0.952. The van der Waals surface area contributed by atoms with Gasteiger partial charge in [0.05, 0.1) is 0 Å². The average molecular weight is 376 g/mol. The van der Waals surface area contributed by atoms with Crippen LogP contribution in [0.3, 0.4) is 0 Å². The van der Waals surface area contributed by atoms with Crippen molar-refractivity contribution in [3.63, 3.8) is 0 Å². The van der Waals surface area contributed by atoms with Crippen molar-refractivity contribution in [3.8, 4) is 0 Å². The highest BCUT2D eigenvalue weighted by Gasteiger charge is 2.27. The first-order chi connectivity index (χ1) is 12.4. The van der Waals surface area contributed by atoms with Gasteiger partial charge >= 0.3 is 0 Å². The lowest BCUT2D eigenvalue weighted by Gasteiger charge is -2.19. The molecule has 0 N–H and O–H groups in total. The number of hydrogen-bond donors (Lipinski definition) is 0. The Morgan fingerprint density at radius 2 is 1.65 bits per heavy atom. The normalized spacial score (nSPS) is 15.2. The molecule has 8 nitrogen and oxygen atoms in total. The van der Waals surface area contributed by atoms with Crippen molar-refractivity contribution in [2.24, 2.45) is 0 Å². The van der Waals surface area contributed by atoms with E-state index in [-0.39, 0.29) is 4.90 Å². The quantitative estimate of drug-likeness (QED) is 0.753. The largest absolute Gasteiger partial charge is 0.355 e. The topological polar surface area (TPSA) is 82.5 Å². The number of pyridine rings is 1. The van der Waals surface area contributed by atoms with Crippen LogP contribution >= 0.6 is 0 Å². The maximum Gasteiger partial charge on any atom is 0.244 e. The molecule has 3 rings (SSSR count). The zero-order valence-electron chi connectivity index (χ0n) is 15.3. The van der Waals surface area contributed by atoms with Gasteiger partial charge in [0.1, 0.15) is 10.7 Å². The number of nitrogens with zero attached hydrogens (tertiary/aromatic N) is 6. The summed E-state index contributed by atoms with van der Waals surface area (Å²) in [7, 11) is 2.26. The van der Waals surface area contributed by atoms with E-state index < -0.39 is 10.0 Å². The fraction of sp³-hybridized carbons (Fsp3) is 0.471. The van der Waals surface area contributed by atoms with Crippen LogP contribution < -0.4 is 9.80 Å². The first kappa shape index (κ1) is 18.5. The molecule has 0 saturated carbocycles. The van der Waals surface area contributed by atoms with Gasteiger partial charge in [0.15, 0.2) is 0 Å². The Labute approximate surface area is 154 Å². The van der Waals surface area contributed by atoms with Crippen LogP contribution in [0.2, 0.25) is 0 Å². The van der Waals surface area contributed by atoms with Crippen molar-refractivity contribution in [2.75, 3.05) is 44.0 Å². The molecule has 1 saturated heterocycles. The molecule has 26 heavy (non-hydrogen) atoms. The molecule has 0 amide bonds. The summed E-state index contributed by atoms with van der Waals surface area (Å²) >= 11 is 0. The van der Waals surface area contributed by atoms with Crippen LogP contribution in [0.5, 0.6) is 0 Å². The second-order valence-corrected chi connectivity index (χ2v) is 8.54. The van der Waals surface area contributed by atoms with Gasteiger partial charge in [-0.1, -0.05) is 0 Å². The molecule has 0 aliphatic carbocycles. The van der Waals surface area contributed by atoms with Crippen LogP contribution in [-0.2, 0) is 16.6 Å². The molecule has 140 valence electrons. The maximum atomic E-state index is 12.5. The van der Waals surface area contributed by atoms with Crippen molar-refractivity contribution in [3.05, 3.63) is 36.3 Å². The summed E-state index contributed by atoms with van der Waals surface area (Å²) in [4.78, 5) is 16.9. The fourth-order valence-electron chi connectivity index (χ4n) is 2.84. The van der Waals surface area contributed by atoms with E-state index in [0.717, 1.165) is 18.4 Å². The zero-order chi connectivity index (χ0) is 18.7. The fourth-order valence-corrected chi connectivity index (χ4v) is 4.31. The minimum absolute atomic E-state index is 0.246. The van der Waals surface area contributed by atoms with Crippen LogP contribution in [0.1, 0.15) is 18.4 Å². The molecule has 1 aliphatic heterocycles. The Bertz CT molecular complexity index is 831. The van der Waals surface area contributed by atoms with E-state index in [9.17, 15) is 8.42 Å². The van der Waals surface area contributed by atoms with Crippen molar-refractivity contribution < 1.29 is 8.42 Å². The van der Waals surface area contributed by atoms with Crippen molar-refractivity contribution in [1.82, 2.24) is 19.3 Å². The van der Waals surface area contributed by atoms with E-state index in [1.54, 1.807) is 24.5 Å². The number of hydrogen-bond acceptors (Lipinski definition) is 7. The van der Waals surface area contributed by atoms with Gasteiger partial charge in [-0.3, -0.25) is 0 Å². The third-order valence-corrected chi connectivity index (χ3v) is 6.21. The minimum Gasteiger partial charge on any atom is -0.355 e. The lowest BCUT2D eigenvalue weighted by molar-refractivity contribution is 0.477. The molecule has 0 bridgehead atoms. The molecule has 2 aromatic rings. The Balaban J connectivity index is 1.69. The molecule has 0 unspecified atom stereocenters. The number of sulfonamides is 1. The van der Waals surface area contributed by atoms with Crippen LogP contribution in [0, 0.1) is 0 Å². The minimum atomic E-state index is -3.43. The Kier molecular flexibility index (Phi) is 5.38. The van der Waals surface area contributed by atoms with Crippen molar-refractivity contribution in [2.45, 2.75) is 24.3 Å². The second-order valence-electron chi connectivity index (χ2n) is 6.61. The summed E-state index contributed by atoms with van der Waals surface area (Å²) in [6.07, 6.45) is 6.84. The molecular formula is C17H24N6O2S. The van der Waals surface area contributed by atoms with Gasteiger partial charge in [-0.2, -0.15) is 4.31 Å². The SMILES string of the molecule is CN(C)c1ncc(CN(C)c2ccc(S(=O)(=O)N3CCCC3)cn2)cn1. The van der Waals surface area contributed by atoms with E-state index in [1.165, 1.54) is 10.5 Å². The van der Waals surface area contributed by atoms with Gasteiger partial charge in [-0.15, -0.1) is 0 Å². The highest BCUT2D eigenvalue weighted by Crippen LogP contribution is 2.22. The highest BCUT2D eigenvalue weighted by atomic mass is 32.2. The number of rotatable bonds is 6. The molecular weight excluding hydrogens is 352 g/mol. The molecule has 0 radical (unpaired) electrons. The lowest BCUT2D eigenvalue weighted by atomic mass is 10.3. The summed E-state index contributed by atoms with van der Waals surface area (Å²) in [5.74, 6) is 1.35. The number of aromatic nitrogens is 3. The monoisotopic (exact) mass is 376 g/mol. The molecule has 0 atom stereocenters. The second kappa shape index (κ2) is 7.55. The Morgan fingerprint density at radius 3 is 2.19 bits per heavy atom. The first-order valence-electron chi connectivity index (χ1n) is 8.53. The van der Waals surface area contributed by atoms with E-state index >= 15 is 0 Å². The molecule has 0 spiro atoms. The zero-order valence-corrected chi connectivity index (χ0v) is 16.1. The van der Waals surface area contributed by atoms with Crippen LogP contribution in [0.4, 0.5) is 11.8 Å². The van der Waals surface area contributed by atoms with E-state index in [4.69, 9.17) is 0 Å². The standard InChI is InChI=1S/C17H24N6O2S/c1-21(2)17-19-10-14(11-20-17)13-22(3)16-7-6-15(12-18-16)26(24,25)23-8-4-5-9-23/h6-7,10-12H,4-5,8-9,13H2,1-3H3. The van der Waals surface area contributed by atoms with Gasteiger partial charge in [0.2, 0.25) is 16.0 Å².